The molecule has 1 rings (SSSR count). The Hall–Kier alpha value is -1.82. The number of hydrogen-bond donors (Lipinski definition) is 3. The maximum Gasteiger partial charge on any atom is 0.325 e. The van der Waals surface area contributed by atoms with E-state index in [-0.39, 0.29) is 17.1 Å². The van der Waals surface area contributed by atoms with Crippen LogP contribution in [0, 0.1) is 0 Å². The number of nitrogens with zero attached hydrogens (tertiary/aromatic N) is 1. The summed E-state index contributed by atoms with van der Waals surface area (Å²) in [6.45, 7) is 0. The molecule has 0 radical (unpaired) electrons. The molecule has 0 aromatic carbocycles. The first-order valence-corrected chi connectivity index (χ1v) is 3.84. The van der Waals surface area contributed by atoms with Crippen molar-refractivity contribution in [2.24, 2.45) is 5.73 Å². The number of pyridine rings is 1. The lowest BCUT2D eigenvalue weighted by Crippen LogP contribution is -2.23. The number of anilines is 1. The second kappa shape index (κ2) is 3.93. The van der Waals surface area contributed by atoms with Crippen LogP contribution in [0.3, 0.4) is 0 Å². The zero-order valence-corrected chi connectivity index (χ0v) is 7.60. The van der Waals surface area contributed by atoms with E-state index in [2.05, 4.69) is 4.98 Å². The Morgan fingerprint density at radius 1 is 1.71 bits per heavy atom. The molecule has 0 saturated carbocycles. The normalized spacial score (nSPS) is 12.1. The van der Waals surface area contributed by atoms with Crippen molar-refractivity contribution in [1.29, 1.82) is 0 Å². The highest BCUT2D eigenvalue weighted by Crippen LogP contribution is 2.26. The molecule has 0 bridgehead atoms. The molecule has 0 spiro atoms. The van der Waals surface area contributed by atoms with Crippen molar-refractivity contribution in [3.05, 3.63) is 17.8 Å². The molecule has 0 amide bonds. The minimum atomic E-state index is -1.22. The number of carboxylic acids is 1. The van der Waals surface area contributed by atoms with Gasteiger partial charge in [0, 0.05) is 11.9 Å². The van der Waals surface area contributed by atoms with Gasteiger partial charge in [0.1, 0.15) is 6.04 Å². The number of aliphatic carboxylic acids is 1. The van der Waals surface area contributed by atoms with Crippen molar-refractivity contribution in [2.75, 3.05) is 12.8 Å². The Morgan fingerprint density at radius 3 is 2.86 bits per heavy atom. The van der Waals surface area contributed by atoms with Crippen LogP contribution in [-0.4, -0.2) is 23.2 Å². The minimum absolute atomic E-state index is 0.139. The van der Waals surface area contributed by atoms with Crippen LogP contribution in [0.2, 0.25) is 0 Å². The van der Waals surface area contributed by atoms with E-state index in [9.17, 15) is 4.79 Å². The number of carboxylic acid groups (broad SMARTS) is 1. The van der Waals surface area contributed by atoms with Gasteiger partial charge in [-0.2, -0.15) is 0 Å². The number of hydrogen-bond acceptors (Lipinski definition) is 5. The summed E-state index contributed by atoms with van der Waals surface area (Å²) in [7, 11) is 1.37. The molecule has 0 aliphatic heterocycles. The standard InChI is InChI=1S/C8H11N3O3/c1-14-7-5(6(10)8(12)13)4(9)2-3-11-7/h2-3,6H,10H2,1H3,(H2,9,11)(H,12,13)/t6-/m1/s1. The molecular weight excluding hydrogens is 186 g/mol. The van der Waals surface area contributed by atoms with Gasteiger partial charge in [0.25, 0.3) is 0 Å². The van der Waals surface area contributed by atoms with Crippen LogP contribution in [0.5, 0.6) is 5.88 Å². The average molecular weight is 197 g/mol. The lowest BCUT2D eigenvalue weighted by molar-refractivity contribution is -0.138. The van der Waals surface area contributed by atoms with Gasteiger partial charge in [0.2, 0.25) is 5.88 Å². The third kappa shape index (κ3) is 1.74. The molecule has 1 aromatic rings. The van der Waals surface area contributed by atoms with Crippen molar-refractivity contribution >= 4 is 11.7 Å². The summed E-state index contributed by atoms with van der Waals surface area (Å²) in [5.41, 5.74) is 11.4. The number of rotatable bonds is 3. The molecule has 1 atom stereocenters. The smallest absolute Gasteiger partial charge is 0.325 e. The Morgan fingerprint density at radius 2 is 2.36 bits per heavy atom. The van der Waals surface area contributed by atoms with E-state index in [1.807, 2.05) is 0 Å². The van der Waals surface area contributed by atoms with Crippen molar-refractivity contribution in [3.63, 3.8) is 0 Å². The van der Waals surface area contributed by atoms with E-state index in [1.165, 1.54) is 19.4 Å². The zero-order chi connectivity index (χ0) is 10.7. The number of carbonyl (C=O) groups is 1. The second-order valence-electron chi connectivity index (χ2n) is 2.64. The van der Waals surface area contributed by atoms with Crippen LogP contribution in [0.15, 0.2) is 12.3 Å². The van der Waals surface area contributed by atoms with Gasteiger partial charge in [0.05, 0.1) is 12.7 Å². The Kier molecular flexibility index (Phi) is 2.88. The molecule has 5 N–H and O–H groups in total. The SMILES string of the molecule is COc1nccc(N)c1[C@@H](N)C(=O)O. The minimum Gasteiger partial charge on any atom is -0.481 e. The first kappa shape index (κ1) is 10.3. The quantitative estimate of drug-likeness (QED) is 0.616. The van der Waals surface area contributed by atoms with Crippen molar-refractivity contribution < 1.29 is 14.6 Å². The lowest BCUT2D eigenvalue weighted by Gasteiger charge is -2.12. The van der Waals surface area contributed by atoms with E-state index in [0.29, 0.717) is 0 Å². The number of nitrogens with two attached hydrogens (primary N) is 2. The van der Waals surface area contributed by atoms with Gasteiger partial charge in [-0.1, -0.05) is 0 Å². The summed E-state index contributed by atoms with van der Waals surface area (Å²) in [6.07, 6.45) is 1.42. The molecule has 6 nitrogen and oxygen atoms in total. The van der Waals surface area contributed by atoms with Gasteiger partial charge < -0.3 is 21.3 Å². The van der Waals surface area contributed by atoms with Crippen LogP contribution >= 0.6 is 0 Å². The fourth-order valence-corrected chi connectivity index (χ4v) is 1.07. The maximum atomic E-state index is 10.7. The highest BCUT2D eigenvalue weighted by molar-refractivity contribution is 5.78. The summed E-state index contributed by atoms with van der Waals surface area (Å²) in [4.78, 5) is 14.5. The molecule has 0 unspecified atom stereocenters. The maximum absolute atomic E-state index is 10.7. The number of methoxy groups -OCH3 is 1. The fraction of sp³-hybridized carbons (Fsp3) is 0.250. The highest BCUT2D eigenvalue weighted by atomic mass is 16.5. The molecule has 1 heterocycles. The van der Waals surface area contributed by atoms with Gasteiger partial charge in [-0.25, -0.2) is 4.98 Å². The Balaban J connectivity index is 3.23. The second-order valence-corrected chi connectivity index (χ2v) is 2.64. The Bertz CT molecular complexity index is 354. The molecule has 6 heteroatoms. The summed E-state index contributed by atoms with van der Waals surface area (Å²) in [5, 5.41) is 8.72. The predicted octanol–water partition coefficient (Wildman–Crippen LogP) is -0.243. The molecule has 0 saturated heterocycles. The molecule has 0 aliphatic rings. The molecule has 0 aliphatic carbocycles. The fourth-order valence-electron chi connectivity index (χ4n) is 1.07. The van der Waals surface area contributed by atoms with E-state index in [1.54, 1.807) is 0 Å². The molecule has 14 heavy (non-hydrogen) atoms. The molecular formula is C8H11N3O3. The Labute approximate surface area is 80.5 Å². The largest absolute Gasteiger partial charge is 0.481 e. The highest BCUT2D eigenvalue weighted by Gasteiger charge is 2.22. The van der Waals surface area contributed by atoms with Crippen LogP contribution in [-0.2, 0) is 4.79 Å². The average Bonchev–Trinajstić information content (AvgIpc) is 2.16. The van der Waals surface area contributed by atoms with Gasteiger partial charge >= 0.3 is 5.97 Å². The van der Waals surface area contributed by atoms with Crippen molar-refractivity contribution in [3.8, 4) is 5.88 Å². The monoisotopic (exact) mass is 197 g/mol. The summed E-state index contributed by atoms with van der Waals surface area (Å²) < 4.78 is 4.86. The molecule has 0 fully saturated rings. The molecule has 1 aromatic heterocycles. The van der Waals surface area contributed by atoms with Crippen LogP contribution in [0.25, 0.3) is 0 Å². The zero-order valence-electron chi connectivity index (χ0n) is 7.60. The van der Waals surface area contributed by atoms with Crippen LogP contribution < -0.4 is 16.2 Å². The number of ether oxygens (including phenoxy) is 1. The predicted molar refractivity (Wildman–Crippen MR) is 49.8 cm³/mol. The van der Waals surface area contributed by atoms with E-state index >= 15 is 0 Å². The van der Waals surface area contributed by atoms with E-state index in [4.69, 9.17) is 21.3 Å². The van der Waals surface area contributed by atoms with Gasteiger partial charge in [0.15, 0.2) is 0 Å². The van der Waals surface area contributed by atoms with Crippen molar-refractivity contribution in [2.45, 2.75) is 6.04 Å². The van der Waals surface area contributed by atoms with Gasteiger partial charge in [-0.05, 0) is 6.07 Å². The van der Waals surface area contributed by atoms with E-state index < -0.39 is 12.0 Å². The summed E-state index contributed by atoms with van der Waals surface area (Å²) in [6, 6.07) is 0.249. The first-order valence-electron chi connectivity index (χ1n) is 3.84. The number of aromatic nitrogens is 1. The van der Waals surface area contributed by atoms with Gasteiger partial charge in [-0.3, -0.25) is 4.79 Å². The van der Waals surface area contributed by atoms with Crippen LogP contribution in [0.1, 0.15) is 11.6 Å². The topological polar surface area (TPSA) is 111 Å². The third-order valence-electron chi connectivity index (χ3n) is 1.76. The first-order chi connectivity index (χ1) is 6.57. The van der Waals surface area contributed by atoms with E-state index in [0.717, 1.165) is 0 Å². The van der Waals surface area contributed by atoms with Crippen LogP contribution in [0.4, 0.5) is 5.69 Å². The summed E-state index contributed by atoms with van der Waals surface area (Å²) in [5.74, 6) is -1.04. The van der Waals surface area contributed by atoms with Gasteiger partial charge in [-0.15, -0.1) is 0 Å². The number of nitrogen functional groups attached to an aromatic ring is 1. The summed E-state index contributed by atoms with van der Waals surface area (Å²) >= 11 is 0. The molecule has 76 valence electrons. The van der Waals surface area contributed by atoms with Crippen molar-refractivity contribution in [1.82, 2.24) is 4.98 Å². The third-order valence-corrected chi connectivity index (χ3v) is 1.76. The lowest BCUT2D eigenvalue weighted by atomic mass is 10.1.